The summed E-state index contributed by atoms with van der Waals surface area (Å²) in [6, 6.07) is 2.54. The molecule has 0 atom stereocenters. The maximum Gasteiger partial charge on any atom is 0.0693 e. The second-order valence-corrected chi connectivity index (χ2v) is 4.89. The lowest BCUT2D eigenvalue weighted by Gasteiger charge is -2.57. The standard InChI is InChI=1S/C10H13NO/c11-5-10(8-1-2-8)3-9(4-10)6-12-7-9/h8H,1-4,6-7H2. The summed E-state index contributed by atoms with van der Waals surface area (Å²) < 4.78 is 5.21. The van der Waals surface area contributed by atoms with Crippen LogP contribution in [-0.2, 0) is 4.74 Å². The second-order valence-electron chi connectivity index (χ2n) is 4.89. The van der Waals surface area contributed by atoms with Crippen molar-refractivity contribution in [1.29, 1.82) is 5.26 Å². The van der Waals surface area contributed by atoms with Crippen molar-refractivity contribution in [1.82, 2.24) is 0 Å². The number of nitriles is 1. The number of ether oxygens (including phenoxy) is 1. The van der Waals surface area contributed by atoms with Crippen molar-refractivity contribution in [3.05, 3.63) is 0 Å². The first-order valence-corrected chi connectivity index (χ1v) is 4.78. The Morgan fingerprint density at radius 1 is 1.25 bits per heavy atom. The molecule has 2 saturated carbocycles. The number of rotatable bonds is 1. The van der Waals surface area contributed by atoms with Gasteiger partial charge in [0.15, 0.2) is 0 Å². The summed E-state index contributed by atoms with van der Waals surface area (Å²) >= 11 is 0. The van der Waals surface area contributed by atoms with E-state index < -0.39 is 0 Å². The molecule has 1 spiro atoms. The van der Waals surface area contributed by atoms with Crippen LogP contribution in [0.2, 0.25) is 0 Å². The van der Waals surface area contributed by atoms with Gasteiger partial charge in [-0.2, -0.15) is 5.26 Å². The molecule has 3 fully saturated rings. The molecular formula is C10H13NO. The Bertz CT molecular complexity index is 250. The molecule has 0 radical (unpaired) electrons. The van der Waals surface area contributed by atoms with Gasteiger partial charge < -0.3 is 4.74 Å². The van der Waals surface area contributed by atoms with Gasteiger partial charge in [0.25, 0.3) is 0 Å². The predicted octanol–water partition coefficient (Wildman–Crippen LogP) is 1.72. The van der Waals surface area contributed by atoms with Crippen molar-refractivity contribution < 1.29 is 4.74 Å². The molecule has 3 rings (SSSR count). The van der Waals surface area contributed by atoms with Crippen LogP contribution >= 0.6 is 0 Å². The Kier molecular flexibility index (Phi) is 1.07. The van der Waals surface area contributed by atoms with Gasteiger partial charge in [0.1, 0.15) is 0 Å². The molecule has 1 saturated heterocycles. The van der Waals surface area contributed by atoms with Crippen LogP contribution in [-0.4, -0.2) is 13.2 Å². The molecule has 0 aromatic heterocycles. The topological polar surface area (TPSA) is 33.0 Å². The molecule has 0 amide bonds. The van der Waals surface area contributed by atoms with E-state index >= 15 is 0 Å². The smallest absolute Gasteiger partial charge is 0.0693 e. The van der Waals surface area contributed by atoms with Crippen LogP contribution in [0.5, 0.6) is 0 Å². The quantitative estimate of drug-likeness (QED) is 0.589. The van der Waals surface area contributed by atoms with Crippen molar-refractivity contribution in [2.75, 3.05) is 13.2 Å². The van der Waals surface area contributed by atoms with Crippen LogP contribution in [0.3, 0.4) is 0 Å². The highest BCUT2D eigenvalue weighted by atomic mass is 16.5. The van der Waals surface area contributed by atoms with E-state index in [1.165, 1.54) is 12.8 Å². The van der Waals surface area contributed by atoms with Crippen LogP contribution < -0.4 is 0 Å². The summed E-state index contributed by atoms with van der Waals surface area (Å²) in [5.41, 5.74) is 0.544. The third-order valence-electron chi connectivity index (χ3n) is 3.78. The largest absolute Gasteiger partial charge is 0.380 e. The average molecular weight is 163 g/mol. The number of hydrogen-bond acceptors (Lipinski definition) is 2. The lowest BCUT2D eigenvalue weighted by atomic mass is 9.50. The zero-order valence-electron chi connectivity index (χ0n) is 7.18. The van der Waals surface area contributed by atoms with Crippen LogP contribution in [0.15, 0.2) is 0 Å². The van der Waals surface area contributed by atoms with Gasteiger partial charge in [0.05, 0.1) is 24.7 Å². The third-order valence-corrected chi connectivity index (χ3v) is 3.78. The fourth-order valence-electron chi connectivity index (χ4n) is 2.98. The zero-order chi connectivity index (χ0) is 8.23. The summed E-state index contributed by atoms with van der Waals surface area (Å²) in [6.07, 6.45) is 4.84. The predicted molar refractivity (Wildman–Crippen MR) is 43.3 cm³/mol. The highest BCUT2D eigenvalue weighted by molar-refractivity contribution is 5.20. The van der Waals surface area contributed by atoms with Crippen molar-refractivity contribution in [3.8, 4) is 6.07 Å². The van der Waals surface area contributed by atoms with Crippen molar-refractivity contribution in [2.45, 2.75) is 25.7 Å². The number of nitrogens with zero attached hydrogens (tertiary/aromatic N) is 1. The monoisotopic (exact) mass is 163 g/mol. The highest BCUT2D eigenvalue weighted by Gasteiger charge is 2.63. The van der Waals surface area contributed by atoms with E-state index in [0.717, 1.165) is 32.0 Å². The van der Waals surface area contributed by atoms with Crippen molar-refractivity contribution in [3.63, 3.8) is 0 Å². The minimum absolute atomic E-state index is 0.0871. The molecule has 2 heteroatoms. The van der Waals surface area contributed by atoms with E-state index in [1.54, 1.807) is 0 Å². The maximum atomic E-state index is 9.11. The van der Waals surface area contributed by atoms with E-state index in [9.17, 15) is 0 Å². The molecule has 0 unspecified atom stereocenters. The Labute approximate surface area is 72.5 Å². The molecule has 3 aliphatic rings. The highest BCUT2D eigenvalue weighted by Crippen LogP contribution is 2.66. The van der Waals surface area contributed by atoms with Gasteiger partial charge in [-0.3, -0.25) is 0 Å². The molecule has 2 nitrogen and oxygen atoms in total. The molecular weight excluding hydrogens is 150 g/mol. The van der Waals surface area contributed by atoms with Gasteiger partial charge in [0.2, 0.25) is 0 Å². The number of hydrogen-bond donors (Lipinski definition) is 0. The van der Waals surface area contributed by atoms with Gasteiger partial charge in [0, 0.05) is 5.41 Å². The van der Waals surface area contributed by atoms with Crippen LogP contribution in [0.1, 0.15) is 25.7 Å². The lowest BCUT2D eigenvalue weighted by molar-refractivity contribution is -0.201. The Balaban J connectivity index is 1.75. The fraction of sp³-hybridized carbons (Fsp3) is 0.900. The maximum absolute atomic E-state index is 9.11. The van der Waals surface area contributed by atoms with Gasteiger partial charge >= 0.3 is 0 Å². The fourth-order valence-corrected chi connectivity index (χ4v) is 2.98. The lowest BCUT2D eigenvalue weighted by Crippen LogP contribution is -2.58. The Morgan fingerprint density at radius 3 is 2.25 bits per heavy atom. The molecule has 64 valence electrons. The first-order chi connectivity index (χ1) is 5.79. The Hall–Kier alpha value is -0.550. The van der Waals surface area contributed by atoms with Gasteiger partial charge in [-0.15, -0.1) is 0 Å². The van der Waals surface area contributed by atoms with E-state index in [1.807, 2.05) is 0 Å². The van der Waals surface area contributed by atoms with Gasteiger partial charge in [-0.25, -0.2) is 0 Å². The van der Waals surface area contributed by atoms with Crippen LogP contribution in [0.25, 0.3) is 0 Å². The van der Waals surface area contributed by atoms with Crippen LogP contribution in [0.4, 0.5) is 0 Å². The average Bonchev–Trinajstić information content (AvgIpc) is 2.66. The molecule has 0 bridgehead atoms. The Morgan fingerprint density at radius 2 is 1.92 bits per heavy atom. The molecule has 0 N–H and O–H groups in total. The molecule has 0 aromatic carbocycles. The minimum atomic E-state index is 0.0871. The van der Waals surface area contributed by atoms with Gasteiger partial charge in [-0.1, -0.05) is 0 Å². The van der Waals surface area contributed by atoms with Gasteiger partial charge in [-0.05, 0) is 31.6 Å². The summed E-state index contributed by atoms with van der Waals surface area (Å²) in [5.74, 6) is 0.744. The zero-order valence-corrected chi connectivity index (χ0v) is 7.18. The van der Waals surface area contributed by atoms with E-state index in [2.05, 4.69) is 6.07 Å². The summed E-state index contributed by atoms with van der Waals surface area (Å²) in [5, 5.41) is 9.11. The van der Waals surface area contributed by atoms with Crippen molar-refractivity contribution >= 4 is 0 Å². The summed E-state index contributed by atoms with van der Waals surface area (Å²) in [4.78, 5) is 0. The second kappa shape index (κ2) is 1.85. The first-order valence-electron chi connectivity index (χ1n) is 4.78. The van der Waals surface area contributed by atoms with E-state index in [0.29, 0.717) is 5.41 Å². The molecule has 1 aliphatic heterocycles. The molecule has 1 heterocycles. The van der Waals surface area contributed by atoms with Crippen molar-refractivity contribution in [2.24, 2.45) is 16.7 Å². The molecule has 2 aliphatic carbocycles. The third kappa shape index (κ3) is 0.682. The first kappa shape index (κ1) is 6.91. The normalized spacial score (nSPS) is 34.9. The van der Waals surface area contributed by atoms with E-state index in [4.69, 9.17) is 10.00 Å². The SMILES string of the molecule is N#CC1(C2CC2)CC2(COC2)C1. The minimum Gasteiger partial charge on any atom is -0.380 e. The van der Waals surface area contributed by atoms with Crippen LogP contribution in [0, 0.1) is 28.1 Å². The molecule has 12 heavy (non-hydrogen) atoms. The molecule has 0 aromatic rings. The summed E-state index contributed by atoms with van der Waals surface area (Å²) in [7, 11) is 0. The van der Waals surface area contributed by atoms with E-state index in [-0.39, 0.29) is 5.41 Å². The summed E-state index contributed by atoms with van der Waals surface area (Å²) in [6.45, 7) is 1.84.